The number of carbonyl (C=O) groups excluding carboxylic acids is 1. The molecule has 0 saturated carbocycles. The summed E-state index contributed by atoms with van der Waals surface area (Å²) in [5.41, 5.74) is 0. The Morgan fingerprint density at radius 3 is 2.25 bits per heavy atom. The van der Waals surface area contributed by atoms with Crippen LogP contribution in [-0.4, -0.2) is 59.5 Å². The fourth-order valence-electron chi connectivity index (χ4n) is 3.16. The van der Waals surface area contributed by atoms with Crippen LogP contribution in [0.3, 0.4) is 0 Å². The average Bonchev–Trinajstić information content (AvgIpc) is 2.43. The van der Waals surface area contributed by atoms with Crippen LogP contribution in [-0.2, 0) is 9.59 Å². The lowest BCUT2D eigenvalue weighted by Gasteiger charge is -2.37. The molecule has 2 saturated heterocycles. The summed E-state index contributed by atoms with van der Waals surface area (Å²) in [6, 6.07) is 0. The molecule has 0 radical (unpaired) electrons. The molecule has 2 heterocycles. The minimum absolute atomic E-state index is 0.163. The normalized spacial score (nSPS) is 29.4. The van der Waals surface area contributed by atoms with Crippen molar-refractivity contribution < 1.29 is 14.7 Å². The van der Waals surface area contributed by atoms with Gasteiger partial charge in [-0.2, -0.15) is 0 Å². The number of piperidine rings is 2. The Morgan fingerprint density at radius 1 is 1.05 bits per heavy atom. The van der Waals surface area contributed by atoms with Crippen LogP contribution in [0.15, 0.2) is 0 Å². The predicted octanol–water partition coefficient (Wildman–Crippen LogP) is 1.29. The van der Waals surface area contributed by atoms with Crippen molar-refractivity contribution in [1.82, 2.24) is 9.80 Å². The monoisotopic (exact) mass is 282 g/mol. The molecule has 0 bridgehead atoms. The number of carbonyl (C=O) groups is 2. The summed E-state index contributed by atoms with van der Waals surface area (Å²) >= 11 is 0. The van der Waals surface area contributed by atoms with Crippen molar-refractivity contribution in [3.63, 3.8) is 0 Å². The van der Waals surface area contributed by atoms with Gasteiger partial charge < -0.3 is 10.0 Å². The molecule has 0 aliphatic carbocycles. The van der Waals surface area contributed by atoms with Gasteiger partial charge in [-0.1, -0.05) is 13.8 Å². The number of hydrogen-bond donors (Lipinski definition) is 1. The molecule has 1 N–H and O–H groups in total. The van der Waals surface area contributed by atoms with Crippen LogP contribution in [0.5, 0.6) is 0 Å². The number of aliphatic carboxylic acids is 1. The molecule has 20 heavy (non-hydrogen) atoms. The largest absolute Gasteiger partial charge is 0.481 e. The number of rotatable bonds is 3. The highest BCUT2D eigenvalue weighted by molar-refractivity contribution is 5.79. The Kier molecular flexibility index (Phi) is 5.02. The van der Waals surface area contributed by atoms with Gasteiger partial charge in [0.05, 0.1) is 12.5 Å². The summed E-state index contributed by atoms with van der Waals surface area (Å²) in [7, 11) is 0. The van der Waals surface area contributed by atoms with E-state index in [-0.39, 0.29) is 11.8 Å². The van der Waals surface area contributed by atoms with E-state index in [4.69, 9.17) is 5.11 Å². The molecule has 0 aromatic carbocycles. The molecule has 0 aromatic heterocycles. The molecule has 5 heteroatoms. The smallest absolute Gasteiger partial charge is 0.306 e. The van der Waals surface area contributed by atoms with E-state index in [0.717, 1.165) is 25.4 Å². The number of amides is 1. The van der Waals surface area contributed by atoms with Gasteiger partial charge in [0, 0.05) is 19.6 Å². The topological polar surface area (TPSA) is 60.9 Å². The van der Waals surface area contributed by atoms with E-state index < -0.39 is 5.97 Å². The number of nitrogens with zero attached hydrogens (tertiary/aromatic N) is 2. The van der Waals surface area contributed by atoms with E-state index in [1.165, 1.54) is 0 Å². The number of carboxylic acids is 1. The van der Waals surface area contributed by atoms with Gasteiger partial charge in [-0.25, -0.2) is 0 Å². The fourth-order valence-corrected chi connectivity index (χ4v) is 3.16. The molecule has 2 unspecified atom stereocenters. The van der Waals surface area contributed by atoms with Crippen molar-refractivity contribution in [1.29, 1.82) is 0 Å². The van der Waals surface area contributed by atoms with Crippen molar-refractivity contribution in [3.05, 3.63) is 0 Å². The maximum atomic E-state index is 12.3. The summed E-state index contributed by atoms with van der Waals surface area (Å²) in [6.45, 7) is 8.21. The van der Waals surface area contributed by atoms with Gasteiger partial charge in [-0.05, 0) is 37.6 Å². The maximum absolute atomic E-state index is 12.3. The van der Waals surface area contributed by atoms with E-state index in [9.17, 15) is 9.59 Å². The van der Waals surface area contributed by atoms with Crippen LogP contribution in [0, 0.1) is 17.8 Å². The summed E-state index contributed by atoms with van der Waals surface area (Å²) < 4.78 is 0. The van der Waals surface area contributed by atoms with Gasteiger partial charge >= 0.3 is 5.97 Å². The lowest BCUT2D eigenvalue weighted by atomic mass is 9.89. The molecule has 2 atom stereocenters. The van der Waals surface area contributed by atoms with Crippen molar-refractivity contribution in [3.8, 4) is 0 Å². The quantitative estimate of drug-likeness (QED) is 0.847. The summed E-state index contributed by atoms with van der Waals surface area (Å²) in [6.07, 6.45) is 2.35. The summed E-state index contributed by atoms with van der Waals surface area (Å²) in [5, 5.41) is 8.97. The number of likely N-dealkylation sites (tertiary alicyclic amines) is 2. The Labute approximate surface area is 120 Å². The Balaban J connectivity index is 1.77. The molecule has 2 fully saturated rings. The van der Waals surface area contributed by atoms with Crippen LogP contribution >= 0.6 is 0 Å². The minimum atomic E-state index is -0.726. The van der Waals surface area contributed by atoms with E-state index in [1.807, 2.05) is 4.90 Å². The van der Waals surface area contributed by atoms with Crippen molar-refractivity contribution in [2.45, 2.75) is 33.1 Å². The van der Waals surface area contributed by atoms with Crippen LogP contribution in [0.1, 0.15) is 33.1 Å². The lowest BCUT2D eigenvalue weighted by molar-refractivity contribution is -0.146. The van der Waals surface area contributed by atoms with Gasteiger partial charge in [0.25, 0.3) is 0 Å². The predicted molar refractivity (Wildman–Crippen MR) is 76.3 cm³/mol. The third-order valence-corrected chi connectivity index (χ3v) is 4.97. The first kappa shape index (κ1) is 15.3. The molecule has 2 aliphatic rings. The molecule has 1 amide bonds. The van der Waals surface area contributed by atoms with Crippen molar-refractivity contribution in [2.75, 3.05) is 32.7 Å². The standard InChI is InChI=1S/C15H26N2O3/c1-11-3-6-16(9-12(11)2)10-14(18)17-7-4-13(5-8-17)15(19)20/h11-13H,3-10H2,1-2H3,(H,19,20). The first-order valence-electron chi connectivity index (χ1n) is 7.70. The second-order valence-corrected chi connectivity index (χ2v) is 6.47. The molecule has 0 aromatic rings. The Bertz CT molecular complexity index is 364. The summed E-state index contributed by atoms with van der Waals surface area (Å²) in [4.78, 5) is 27.3. The zero-order valence-corrected chi connectivity index (χ0v) is 12.5. The van der Waals surface area contributed by atoms with Crippen LogP contribution in [0.25, 0.3) is 0 Å². The Hall–Kier alpha value is -1.10. The maximum Gasteiger partial charge on any atom is 0.306 e. The van der Waals surface area contributed by atoms with Crippen LogP contribution in [0.4, 0.5) is 0 Å². The first-order chi connectivity index (χ1) is 9.47. The zero-order chi connectivity index (χ0) is 14.7. The molecular formula is C15H26N2O3. The first-order valence-corrected chi connectivity index (χ1v) is 7.70. The van der Waals surface area contributed by atoms with Gasteiger partial charge in [0.2, 0.25) is 5.91 Å². The third kappa shape index (κ3) is 3.72. The highest BCUT2D eigenvalue weighted by Crippen LogP contribution is 2.23. The fraction of sp³-hybridized carbons (Fsp3) is 0.867. The van der Waals surface area contributed by atoms with Crippen molar-refractivity contribution in [2.24, 2.45) is 17.8 Å². The van der Waals surface area contributed by atoms with Crippen LogP contribution in [0.2, 0.25) is 0 Å². The van der Waals surface area contributed by atoms with Gasteiger partial charge in [-0.15, -0.1) is 0 Å². The molecule has 0 spiro atoms. The van der Waals surface area contributed by atoms with Crippen LogP contribution < -0.4 is 0 Å². The molecule has 114 valence electrons. The van der Waals surface area contributed by atoms with Gasteiger partial charge in [0.1, 0.15) is 0 Å². The SMILES string of the molecule is CC1CCN(CC(=O)N2CCC(C(=O)O)CC2)CC1C. The van der Waals surface area contributed by atoms with Gasteiger partial charge in [-0.3, -0.25) is 14.5 Å². The molecule has 5 nitrogen and oxygen atoms in total. The van der Waals surface area contributed by atoms with E-state index in [1.54, 1.807) is 0 Å². The minimum Gasteiger partial charge on any atom is -0.481 e. The lowest BCUT2D eigenvalue weighted by Crippen LogP contribution is -2.48. The highest BCUT2D eigenvalue weighted by atomic mass is 16.4. The van der Waals surface area contributed by atoms with E-state index in [2.05, 4.69) is 18.7 Å². The summed E-state index contributed by atoms with van der Waals surface area (Å²) in [5.74, 6) is 0.559. The molecule has 2 rings (SSSR count). The average molecular weight is 282 g/mol. The molecule has 2 aliphatic heterocycles. The third-order valence-electron chi connectivity index (χ3n) is 4.97. The number of hydrogen-bond acceptors (Lipinski definition) is 3. The number of carboxylic acid groups (broad SMARTS) is 1. The second kappa shape index (κ2) is 6.57. The highest BCUT2D eigenvalue weighted by Gasteiger charge is 2.29. The Morgan fingerprint density at radius 2 is 1.70 bits per heavy atom. The molecular weight excluding hydrogens is 256 g/mol. The van der Waals surface area contributed by atoms with Gasteiger partial charge in [0.15, 0.2) is 0 Å². The van der Waals surface area contributed by atoms with Crippen molar-refractivity contribution >= 4 is 11.9 Å². The van der Waals surface area contributed by atoms with E-state index >= 15 is 0 Å². The zero-order valence-electron chi connectivity index (χ0n) is 12.5. The van der Waals surface area contributed by atoms with E-state index in [0.29, 0.717) is 38.4 Å². The second-order valence-electron chi connectivity index (χ2n) is 6.47.